The van der Waals surface area contributed by atoms with Gasteiger partial charge in [-0.1, -0.05) is 17.3 Å². The summed E-state index contributed by atoms with van der Waals surface area (Å²) in [5.41, 5.74) is 4.29. The predicted octanol–water partition coefficient (Wildman–Crippen LogP) is 2.92. The Morgan fingerprint density at radius 1 is 0.765 bits per heavy atom. The number of fused-ring (bicyclic) bond motifs is 4. The monoisotopic (exact) mass is 221 g/mol. The van der Waals surface area contributed by atoms with E-state index in [1.165, 1.54) is 0 Å². The molecule has 17 heavy (non-hydrogen) atoms. The summed E-state index contributed by atoms with van der Waals surface area (Å²) in [6.07, 6.45) is 1.61. The topological polar surface area (TPSA) is 51.8 Å². The lowest BCUT2D eigenvalue weighted by molar-refractivity contribution is 0.428. The Bertz CT molecular complexity index is 851. The molecule has 2 aromatic heterocycles. The van der Waals surface area contributed by atoms with Gasteiger partial charge in [0, 0.05) is 0 Å². The van der Waals surface area contributed by atoms with E-state index in [1.54, 1.807) is 6.26 Å². The summed E-state index contributed by atoms with van der Waals surface area (Å²) >= 11 is 0. The van der Waals surface area contributed by atoms with Crippen LogP contribution in [0.15, 0.2) is 47.2 Å². The van der Waals surface area contributed by atoms with Crippen molar-refractivity contribution in [2.75, 3.05) is 0 Å². The molecular weight excluding hydrogens is 214 g/mol. The van der Waals surface area contributed by atoms with Crippen LogP contribution in [0.4, 0.5) is 0 Å². The maximum absolute atomic E-state index is 4.97. The molecule has 0 N–H and O–H groups in total. The molecule has 2 aromatic carbocycles. The number of rotatable bonds is 0. The first-order chi connectivity index (χ1) is 8.42. The van der Waals surface area contributed by atoms with Crippen LogP contribution in [-0.2, 0) is 0 Å². The van der Waals surface area contributed by atoms with Crippen LogP contribution in [0.1, 0.15) is 0 Å². The molecule has 0 aliphatic carbocycles. The van der Waals surface area contributed by atoms with Crippen molar-refractivity contribution in [1.29, 1.82) is 0 Å². The summed E-state index contributed by atoms with van der Waals surface area (Å²) in [6.45, 7) is 0. The molecule has 4 nitrogen and oxygen atoms in total. The highest BCUT2D eigenvalue weighted by molar-refractivity contribution is 6.03. The standard InChI is InChI=1S/C13H7N3O/c1-2-4-11-10(3-1)14-12-6-5-9-8(7-17-16-9)13(12)15-11/h1-7H. The fraction of sp³-hybridized carbons (Fsp3) is 0. The minimum Gasteiger partial charge on any atom is -0.363 e. The van der Waals surface area contributed by atoms with E-state index < -0.39 is 0 Å². The molecular formula is C13H7N3O. The van der Waals surface area contributed by atoms with Gasteiger partial charge in [-0.2, -0.15) is 0 Å². The van der Waals surface area contributed by atoms with Crippen molar-refractivity contribution >= 4 is 33.0 Å². The molecule has 0 radical (unpaired) electrons. The molecule has 0 saturated carbocycles. The van der Waals surface area contributed by atoms with Gasteiger partial charge < -0.3 is 4.52 Å². The number of nitrogens with zero attached hydrogens (tertiary/aromatic N) is 3. The Morgan fingerprint density at radius 2 is 1.53 bits per heavy atom. The van der Waals surface area contributed by atoms with Gasteiger partial charge in [-0.25, -0.2) is 9.97 Å². The number of aromatic nitrogens is 3. The van der Waals surface area contributed by atoms with Gasteiger partial charge in [0.1, 0.15) is 17.3 Å². The Balaban J connectivity index is 2.29. The van der Waals surface area contributed by atoms with Crippen LogP contribution < -0.4 is 0 Å². The van der Waals surface area contributed by atoms with Crippen molar-refractivity contribution in [2.45, 2.75) is 0 Å². The van der Waals surface area contributed by atoms with Gasteiger partial charge in [0.2, 0.25) is 0 Å². The highest BCUT2D eigenvalue weighted by Crippen LogP contribution is 2.23. The second-order valence-electron chi connectivity index (χ2n) is 3.89. The molecule has 0 aliphatic heterocycles. The average Bonchev–Trinajstić information content (AvgIpc) is 2.85. The van der Waals surface area contributed by atoms with E-state index in [-0.39, 0.29) is 0 Å². The Labute approximate surface area is 95.9 Å². The molecule has 0 bridgehead atoms. The van der Waals surface area contributed by atoms with Crippen LogP contribution in [0.5, 0.6) is 0 Å². The van der Waals surface area contributed by atoms with Crippen molar-refractivity contribution in [3.05, 3.63) is 42.7 Å². The van der Waals surface area contributed by atoms with E-state index in [0.717, 1.165) is 33.0 Å². The van der Waals surface area contributed by atoms with Crippen molar-refractivity contribution < 1.29 is 4.52 Å². The van der Waals surface area contributed by atoms with Crippen LogP contribution in [-0.4, -0.2) is 15.1 Å². The van der Waals surface area contributed by atoms with Crippen LogP contribution in [0, 0.1) is 0 Å². The summed E-state index contributed by atoms with van der Waals surface area (Å²) in [7, 11) is 0. The Hall–Kier alpha value is -2.49. The fourth-order valence-corrected chi connectivity index (χ4v) is 2.03. The zero-order chi connectivity index (χ0) is 11.2. The van der Waals surface area contributed by atoms with E-state index in [1.807, 2.05) is 36.4 Å². The average molecular weight is 221 g/mol. The first-order valence-corrected chi connectivity index (χ1v) is 5.31. The first kappa shape index (κ1) is 8.64. The normalized spacial score (nSPS) is 11.5. The van der Waals surface area contributed by atoms with Crippen molar-refractivity contribution in [2.24, 2.45) is 0 Å². The lowest BCUT2D eigenvalue weighted by Gasteiger charge is -2.00. The van der Waals surface area contributed by atoms with Crippen molar-refractivity contribution in [1.82, 2.24) is 15.1 Å². The Morgan fingerprint density at radius 3 is 2.41 bits per heavy atom. The number of hydrogen-bond acceptors (Lipinski definition) is 4. The third-order valence-corrected chi connectivity index (χ3v) is 2.85. The van der Waals surface area contributed by atoms with Gasteiger partial charge in [0.15, 0.2) is 0 Å². The van der Waals surface area contributed by atoms with E-state index >= 15 is 0 Å². The fourth-order valence-electron chi connectivity index (χ4n) is 2.03. The second-order valence-corrected chi connectivity index (χ2v) is 3.89. The third kappa shape index (κ3) is 1.15. The van der Waals surface area contributed by atoms with Gasteiger partial charge in [0.25, 0.3) is 0 Å². The highest BCUT2D eigenvalue weighted by Gasteiger charge is 2.07. The van der Waals surface area contributed by atoms with Gasteiger partial charge in [-0.05, 0) is 24.3 Å². The van der Waals surface area contributed by atoms with Crippen molar-refractivity contribution in [3.8, 4) is 0 Å². The second kappa shape index (κ2) is 3.01. The van der Waals surface area contributed by atoms with Crippen LogP contribution >= 0.6 is 0 Å². The summed E-state index contributed by atoms with van der Waals surface area (Å²) < 4.78 is 4.97. The largest absolute Gasteiger partial charge is 0.363 e. The minimum absolute atomic E-state index is 0.807. The highest BCUT2D eigenvalue weighted by atomic mass is 16.5. The smallest absolute Gasteiger partial charge is 0.133 e. The van der Waals surface area contributed by atoms with Gasteiger partial charge in [-0.15, -0.1) is 0 Å². The van der Waals surface area contributed by atoms with E-state index in [9.17, 15) is 0 Å². The Kier molecular flexibility index (Phi) is 1.53. The van der Waals surface area contributed by atoms with Gasteiger partial charge in [-0.3, -0.25) is 0 Å². The zero-order valence-corrected chi connectivity index (χ0v) is 8.79. The molecule has 4 rings (SSSR count). The molecule has 0 aliphatic rings. The lowest BCUT2D eigenvalue weighted by atomic mass is 10.2. The molecule has 80 valence electrons. The van der Waals surface area contributed by atoms with Crippen LogP contribution in [0.25, 0.3) is 33.0 Å². The zero-order valence-electron chi connectivity index (χ0n) is 8.79. The summed E-state index contributed by atoms with van der Waals surface area (Å²) in [4.78, 5) is 9.19. The number of hydrogen-bond donors (Lipinski definition) is 0. The molecule has 0 spiro atoms. The summed E-state index contributed by atoms with van der Waals surface area (Å²) in [5.74, 6) is 0. The van der Waals surface area contributed by atoms with Crippen molar-refractivity contribution in [3.63, 3.8) is 0 Å². The molecule has 2 heterocycles. The maximum Gasteiger partial charge on any atom is 0.133 e. The van der Waals surface area contributed by atoms with E-state index in [4.69, 9.17) is 4.52 Å². The number of para-hydroxylation sites is 2. The predicted molar refractivity (Wildman–Crippen MR) is 64.6 cm³/mol. The molecule has 0 amide bonds. The van der Waals surface area contributed by atoms with E-state index in [2.05, 4.69) is 15.1 Å². The number of benzene rings is 2. The molecule has 0 unspecified atom stereocenters. The first-order valence-electron chi connectivity index (χ1n) is 5.31. The quantitative estimate of drug-likeness (QED) is 0.428. The van der Waals surface area contributed by atoms with Gasteiger partial charge in [0.05, 0.1) is 21.9 Å². The third-order valence-electron chi connectivity index (χ3n) is 2.85. The molecule has 0 fully saturated rings. The summed E-state index contributed by atoms with van der Waals surface area (Å²) in [6, 6.07) is 11.6. The molecule has 4 heteroatoms. The molecule has 0 atom stereocenters. The van der Waals surface area contributed by atoms with Crippen LogP contribution in [0.2, 0.25) is 0 Å². The SMILES string of the molecule is c1ccc2nc3c(ccc4nocc43)nc2c1. The molecule has 4 aromatic rings. The molecule has 0 saturated heterocycles. The van der Waals surface area contributed by atoms with Gasteiger partial charge >= 0.3 is 0 Å². The summed E-state index contributed by atoms with van der Waals surface area (Å²) in [5, 5.41) is 4.81. The van der Waals surface area contributed by atoms with Crippen LogP contribution in [0.3, 0.4) is 0 Å². The lowest BCUT2D eigenvalue weighted by Crippen LogP contribution is -1.87. The van der Waals surface area contributed by atoms with E-state index in [0.29, 0.717) is 0 Å². The minimum atomic E-state index is 0.807. The maximum atomic E-state index is 4.97.